The summed E-state index contributed by atoms with van der Waals surface area (Å²) in [6.45, 7) is 4.23. The van der Waals surface area contributed by atoms with Gasteiger partial charge < -0.3 is 9.64 Å². The molecule has 110 valence electrons. The molecule has 0 N–H and O–H groups in total. The van der Waals surface area contributed by atoms with Crippen molar-refractivity contribution in [1.29, 1.82) is 0 Å². The van der Waals surface area contributed by atoms with Gasteiger partial charge in [0.1, 0.15) is 6.54 Å². The number of nitrogens with zero attached hydrogens (tertiary/aromatic N) is 3. The first-order valence-electron chi connectivity index (χ1n) is 7.18. The van der Waals surface area contributed by atoms with Crippen LogP contribution in [0.15, 0.2) is 17.1 Å². The van der Waals surface area contributed by atoms with Crippen molar-refractivity contribution in [3.63, 3.8) is 0 Å². The zero-order chi connectivity index (χ0) is 14.4. The number of ether oxygens (including phenoxy) is 1. The van der Waals surface area contributed by atoms with Crippen LogP contribution in [-0.2, 0) is 16.1 Å². The number of aromatic nitrogens is 2. The number of carbonyl (C=O) groups excluding carboxylic acids is 1. The van der Waals surface area contributed by atoms with Gasteiger partial charge in [-0.05, 0) is 19.3 Å². The summed E-state index contributed by atoms with van der Waals surface area (Å²) in [5.41, 5.74) is 0.574. The highest BCUT2D eigenvalue weighted by atomic mass is 16.5. The van der Waals surface area contributed by atoms with Crippen LogP contribution in [0.5, 0.6) is 0 Å². The Balaban J connectivity index is 1.95. The van der Waals surface area contributed by atoms with E-state index < -0.39 is 5.97 Å². The van der Waals surface area contributed by atoms with Crippen molar-refractivity contribution < 1.29 is 9.53 Å². The fourth-order valence-electron chi connectivity index (χ4n) is 2.19. The summed E-state index contributed by atoms with van der Waals surface area (Å²) >= 11 is 0. The summed E-state index contributed by atoms with van der Waals surface area (Å²) in [5.74, 6) is -0.415. The van der Waals surface area contributed by atoms with Gasteiger partial charge in [0.2, 0.25) is 0 Å². The molecular weight excluding hydrogens is 258 g/mol. The van der Waals surface area contributed by atoms with Crippen molar-refractivity contribution in [3.05, 3.63) is 22.6 Å². The molecule has 0 bridgehead atoms. The molecule has 0 aromatic carbocycles. The molecule has 0 spiro atoms. The summed E-state index contributed by atoms with van der Waals surface area (Å²) in [5, 5.41) is 4.05. The van der Waals surface area contributed by atoms with E-state index in [-0.39, 0.29) is 12.1 Å². The van der Waals surface area contributed by atoms with Crippen LogP contribution in [0.2, 0.25) is 0 Å². The van der Waals surface area contributed by atoms with Crippen molar-refractivity contribution >= 4 is 11.7 Å². The lowest BCUT2D eigenvalue weighted by molar-refractivity contribution is -0.144. The predicted octanol–water partition coefficient (Wildman–Crippen LogP) is 1.19. The summed E-state index contributed by atoms with van der Waals surface area (Å²) in [7, 11) is 0. The lowest BCUT2D eigenvalue weighted by Gasteiger charge is -2.16. The third kappa shape index (κ3) is 3.82. The second-order valence-electron chi connectivity index (χ2n) is 4.98. The third-order valence-electron chi connectivity index (χ3n) is 3.37. The summed E-state index contributed by atoms with van der Waals surface area (Å²) in [6, 6.07) is 1.54. The zero-order valence-corrected chi connectivity index (χ0v) is 11.9. The van der Waals surface area contributed by atoms with E-state index in [1.54, 1.807) is 6.20 Å². The van der Waals surface area contributed by atoms with Gasteiger partial charge >= 0.3 is 5.97 Å². The second-order valence-corrected chi connectivity index (χ2v) is 4.98. The highest BCUT2D eigenvalue weighted by molar-refractivity contribution is 5.69. The molecule has 6 nitrogen and oxygen atoms in total. The average Bonchev–Trinajstić information content (AvgIpc) is 2.95. The van der Waals surface area contributed by atoms with E-state index in [2.05, 4.69) is 10.00 Å². The molecule has 2 heterocycles. The van der Waals surface area contributed by atoms with Crippen molar-refractivity contribution in [2.24, 2.45) is 0 Å². The first-order valence-corrected chi connectivity index (χ1v) is 7.18. The number of unbranched alkanes of at least 4 members (excludes halogenated alkanes) is 1. The van der Waals surface area contributed by atoms with Crippen molar-refractivity contribution in [3.8, 4) is 0 Å². The van der Waals surface area contributed by atoms with Crippen LogP contribution in [0.1, 0.15) is 32.6 Å². The standard InChI is InChI=1S/C14H21N3O3/c1-2-3-8-20-14(19)11-17-13(18)9-12(10-15-17)16-6-4-5-7-16/h9-10H,2-8,11H2,1H3. The van der Waals surface area contributed by atoms with E-state index in [9.17, 15) is 9.59 Å². The Labute approximate surface area is 118 Å². The normalized spacial score (nSPS) is 14.6. The van der Waals surface area contributed by atoms with E-state index >= 15 is 0 Å². The molecule has 0 saturated carbocycles. The molecule has 1 aromatic heterocycles. The number of anilines is 1. The quantitative estimate of drug-likeness (QED) is 0.578. The Morgan fingerprint density at radius 2 is 2.15 bits per heavy atom. The average molecular weight is 279 g/mol. The maximum absolute atomic E-state index is 11.9. The lowest BCUT2D eigenvalue weighted by atomic mass is 10.4. The van der Waals surface area contributed by atoms with Gasteiger partial charge in [0, 0.05) is 19.2 Å². The largest absolute Gasteiger partial charge is 0.464 e. The first-order chi connectivity index (χ1) is 9.70. The van der Waals surface area contributed by atoms with Crippen molar-refractivity contribution in [2.45, 2.75) is 39.2 Å². The molecule has 1 saturated heterocycles. The topological polar surface area (TPSA) is 64.4 Å². The minimum Gasteiger partial charge on any atom is -0.464 e. The van der Waals surface area contributed by atoms with Crippen LogP contribution in [-0.4, -0.2) is 35.4 Å². The maximum atomic E-state index is 11.9. The van der Waals surface area contributed by atoms with Crippen LogP contribution >= 0.6 is 0 Å². The SMILES string of the molecule is CCCCOC(=O)Cn1ncc(N2CCCC2)cc1=O. The number of hydrogen-bond acceptors (Lipinski definition) is 5. The van der Waals surface area contributed by atoms with Gasteiger partial charge in [-0.15, -0.1) is 0 Å². The molecule has 1 aliphatic heterocycles. The molecule has 2 rings (SSSR count). The van der Waals surface area contributed by atoms with Crippen LogP contribution in [0.3, 0.4) is 0 Å². The van der Waals surface area contributed by atoms with E-state index in [0.29, 0.717) is 6.61 Å². The molecule has 6 heteroatoms. The van der Waals surface area contributed by atoms with E-state index in [1.807, 2.05) is 6.92 Å². The number of rotatable bonds is 6. The maximum Gasteiger partial charge on any atom is 0.327 e. The highest BCUT2D eigenvalue weighted by Crippen LogP contribution is 2.16. The van der Waals surface area contributed by atoms with Gasteiger partial charge in [0.15, 0.2) is 0 Å². The van der Waals surface area contributed by atoms with Gasteiger partial charge in [-0.3, -0.25) is 9.59 Å². The number of esters is 1. The smallest absolute Gasteiger partial charge is 0.327 e. The van der Waals surface area contributed by atoms with Gasteiger partial charge in [-0.25, -0.2) is 4.68 Å². The first kappa shape index (κ1) is 14.6. The van der Waals surface area contributed by atoms with Gasteiger partial charge in [-0.1, -0.05) is 13.3 Å². The fourth-order valence-corrected chi connectivity index (χ4v) is 2.19. The molecule has 0 radical (unpaired) electrons. The predicted molar refractivity (Wildman–Crippen MR) is 75.8 cm³/mol. The highest BCUT2D eigenvalue weighted by Gasteiger charge is 2.14. The van der Waals surface area contributed by atoms with E-state index in [0.717, 1.165) is 49.1 Å². The Hall–Kier alpha value is -1.85. The summed E-state index contributed by atoms with van der Waals surface area (Å²) in [4.78, 5) is 25.6. The van der Waals surface area contributed by atoms with E-state index in [1.165, 1.54) is 6.07 Å². The number of hydrogen-bond donors (Lipinski definition) is 0. The molecule has 0 atom stereocenters. The minimum absolute atomic E-state index is 0.122. The molecule has 0 unspecified atom stereocenters. The van der Waals surface area contributed by atoms with Gasteiger partial charge in [0.05, 0.1) is 18.5 Å². The van der Waals surface area contributed by atoms with Crippen LogP contribution < -0.4 is 10.5 Å². The second kappa shape index (κ2) is 7.07. The van der Waals surface area contributed by atoms with Gasteiger partial charge in [0.25, 0.3) is 5.56 Å². The molecule has 20 heavy (non-hydrogen) atoms. The van der Waals surface area contributed by atoms with Crippen LogP contribution in [0.25, 0.3) is 0 Å². The van der Waals surface area contributed by atoms with Crippen LogP contribution in [0.4, 0.5) is 5.69 Å². The number of carbonyl (C=O) groups is 1. The summed E-state index contributed by atoms with van der Waals surface area (Å²) in [6.07, 6.45) is 5.74. The van der Waals surface area contributed by atoms with Crippen molar-refractivity contribution in [2.75, 3.05) is 24.6 Å². The Morgan fingerprint density at radius 1 is 1.40 bits per heavy atom. The Bertz CT molecular complexity index is 507. The molecule has 0 aliphatic carbocycles. The Morgan fingerprint density at radius 3 is 2.80 bits per heavy atom. The Kier molecular flexibility index (Phi) is 5.15. The minimum atomic E-state index is -0.415. The molecule has 1 aromatic rings. The molecule has 1 aliphatic rings. The fraction of sp³-hybridized carbons (Fsp3) is 0.643. The molecule has 1 fully saturated rings. The van der Waals surface area contributed by atoms with Crippen molar-refractivity contribution in [1.82, 2.24) is 9.78 Å². The monoisotopic (exact) mass is 279 g/mol. The van der Waals surface area contributed by atoms with E-state index in [4.69, 9.17) is 4.74 Å². The molecular formula is C14H21N3O3. The zero-order valence-electron chi connectivity index (χ0n) is 11.9. The molecule has 0 amide bonds. The van der Waals surface area contributed by atoms with Crippen LogP contribution in [0, 0.1) is 0 Å². The lowest BCUT2D eigenvalue weighted by Crippen LogP contribution is -2.29. The van der Waals surface area contributed by atoms with Gasteiger partial charge in [-0.2, -0.15) is 5.10 Å². The third-order valence-corrected chi connectivity index (χ3v) is 3.37. The summed E-state index contributed by atoms with van der Waals surface area (Å²) < 4.78 is 6.17.